The average Bonchev–Trinajstić information content (AvgIpc) is 2.67. The number of amides is 1. The number of nitrogens with zero attached hydrogens (tertiary/aromatic N) is 1. The van der Waals surface area contributed by atoms with Gasteiger partial charge < -0.3 is 10.6 Å². The minimum absolute atomic E-state index is 0.193. The Morgan fingerprint density at radius 1 is 1.19 bits per heavy atom. The summed E-state index contributed by atoms with van der Waals surface area (Å²) in [5.74, 6) is 0.758. The molecule has 0 spiro atoms. The molecule has 0 aromatic rings. The van der Waals surface area contributed by atoms with Crippen LogP contribution in [0.2, 0.25) is 0 Å². The fourth-order valence-electron chi connectivity index (χ4n) is 3.03. The van der Waals surface area contributed by atoms with Gasteiger partial charge in [-0.1, -0.05) is 53.4 Å². The van der Waals surface area contributed by atoms with E-state index in [1.165, 1.54) is 38.5 Å². The molecule has 3 heteroatoms. The highest BCUT2D eigenvalue weighted by atomic mass is 16.2. The zero-order chi connectivity index (χ0) is 15.9. The maximum absolute atomic E-state index is 12.8. The van der Waals surface area contributed by atoms with Gasteiger partial charge in [-0.25, -0.2) is 0 Å². The standard InChI is InChI=1S/C18H36N2O/c1-15(18(2,3)4)14-17(21)20(13-9-12-19)16-10-7-5-6-8-11-16/h15-16H,5-14,19H2,1-4H3. The van der Waals surface area contributed by atoms with Gasteiger partial charge in [0.25, 0.3) is 0 Å². The van der Waals surface area contributed by atoms with Crippen molar-refractivity contribution in [3.05, 3.63) is 0 Å². The predicted octanol–water partition coefficient (Wildman–Crippen LogP) is 3.96. The maximum atomic E-state index is 12.8. The molecule has 2 N–H and O–H groups in total. The molecular formula is C18H36N2O. The van der Waals surface area contributed by atoms with Crippen LogP contribution >= 0.6 is 0 Å². The van der Waals surface area contributed by atoms with E-state index in [1.54, 1.807) is 0 Å². The number of carbonyl (C=O) groups is 1. The Morgan fingerprint density at radius 3 is 2.24 bits per heavy atom. The van der Waals surface area contributed by atoms with E-state index in [0.717, 1.165) is 13.0 Å². The van der Waals surface area contributed by atoms with Crippen LogP contribution in [0.15, 0.2) is 0 Å². The van der Waals surface area contributed by atoms with Crippen LogP contribution in [0.3, 0.4) is 0 Å². The first-order valence-electron chi connectivity index (χ1n) is 8.85. The monoisotopic (exact) mass is 296 g/mol. The van der Waals surface area contributed by atoms with E-state index in [0.29, 0.717) is 30.8 Å². The van der Waals surface area contributed by atoms with Crippen molar-refractivity contribution in [1.82, 2.24) is 4.90 Å². The smallest absolute Gasteiger partial charge is 0.223 e. The average molecular weight is 296 g/mol. The largest absolute Gasteiger partial charge is 0.340 e. The summed E-state index contributed by atoms with van der Waals surface area (Å²) in [5.41, 5.74) is 5.86. The molecule has 1 amide bonds. The molecular weight excluding hydrogens is 260 g/mol. The van der Waals surface area contributed by atoms with Crippen molar-refractivity contribution in [3.63, 3.8) is 0 Å². The molecule has 1 atom stereocenters. The van der Waals surface area contributed by atoms with Gasteiger partial charge in [-0.3, -0.25) is 4.79 Å². The fourth-order valence-corrected chi connectivity index (χ4v) is 3.03. The summed E-state index contributed by atoms with van der Waals surface area (Å²) in [7, 11) is 0. The number of hydrogen-bond acceptors (Lipinski definition) is 2. The van der Waals surface area contributed by atoms with Crippen molar-refractivity contribution in [1.29, 1.82) is 0 Å². The quantitative estimate of drug-likeness (QED) is 0.754. The van der Waals surface area contributed by atoms with E-state index in [-0.39, 0.29) is 5.41 Å². The van der Waals surface area contributed by atoms with Gasteiger partial charge in [-0.05, 0) is 37.1 Å². The molecule has 0 heterocycles. The van der Waals surface area contributed by atoms with E-state index < -0.39 is 0 Å². The number of nitrogens with two attached hydrogens (primary N) is 1. The SMILES string of the molecule is CC(CC(=O)N(CCCN)C1CCCCCC1)C(C)(C)C. The molecule has 0 aromatic heterocycles. The van der Waals surface area contributed by atoms with Crippen LogP contribution in [0.1, 0.15) is 79.1 Å². The highest BCUT2D eigenvalue weighted by molar-refractivity contribution is 5.76. The van der Waals surface area contributed by atoms with Gasteiger partial charge in [0.2, 0.25) is 5.91 Å². The van der Waals surface area contributed by atoms with Crippen molar-refractivity contribution in [2.45, 2.75) is 85.1 Å². The normalized spacial score (nSPS) is 19.1. The number of carbonyl (C=O) groups excluding carboxylic acids is 1. The Morgan fingerprint density at radius 2 is 1.76 bits per heavy atom. The van der Waals surface area contributed by atoms with Crippen LogP contribution in [0, 0.1) is 11.3 Å². The number of hydrogen-bond donors (Lipinski definition) is 1. The van der Waals surface area contributed by atoms with Gasteiger partial charge >= 0.3 is 0 Å². The lowest BCUT2D eigenvalue weighted by Crippen LogP contribution is -2.42. The lowest BCUT2D eigenvalue weighted by Gasteiger charge is -2.34. The van der Waals surface area contributed by atoms with Gasteiger partial charge in [0.1, 0.15) is 0 Å². The van der Waals surface area contributed by atoms with Gasteiger partial charge in [0, 0.05) is 19.0 Å². The molecule has 1 fully saturated rings. The van der Waals surface area contributed by atoms with Gasteiger partial charge in [-0.2, -0.15) is 0 Å². The van der Waals surface area contributed by atoms with Crippen molar-refractivity contribution in [2.75, 3.05) is 13.1 Å². The Hall–Kier alpha value is -0.570. The van der Waals surface area contributed by atoms with E-state index in [1.807, 2.05) is 0 Å². The lowest BCUT2D eigenvalue weighted by atomic mass is 9.80. The molecule has 3 nitrogen and oxygen atoms in total. The van der Waals surface area contributed by atoms with Crippen LogP contribution in [0.5, 0.6) is 0 Å². The summed E-state index contributed by atoms with van der Waals surface area (Å²) in [6.45, 7) is 10.4. The summed E-state index contributed by atoms with van der Waals surface area (Å²) in [5, 5.41) is 0. The van der Waals surface area contributed by atoms with Gasteiger partial charge in [0.15, 0.2) is 0 Å². The van der Waals surface area contributed by atoms with Crippen LogP contribution in [-0.2, 0) is 4.79 Å². The molecule has 21 heavy (non-hydrogen) atoms. The Labute approximate surface area is 131 Å². The van der Waals surface area contributed by atoms with Crippen LogP contribution in [0.25, 0.3) is 0 Å². The van der Waals surface area contributed by atoms with Crippen LogP contribution in [-0.4, -0.2) is 29.9 Å². The van der Waals surface area contributed by atoms with Gasteiger partial charge in [-0.15, -0.1) is 0 Å². The second kappa shape index (κ2) is 8.77. The predicted molar refractivity (Wildman–Crippen MR) is 90.1 cm³/mol. The maximum Gasteiger partial charge on any atom is 0.223 e. The van der Waals surface area contributed by atoms with Crippen molar-refractivity contribution >= 4 is 5.91 Å². The summed E-state index contributed by atoms with van der Waals surface area (Å²) < 4.78 is 0. The molecule has 0 saturated heterocycles. The van der Waals surface area contributed by atoms with Crippen LogP contribution in [0.4, 0.5) is 0 Å². The molecule has 0 bridgehead atoms. The molecule has 124 valence electrons. The third kappa shape index (κ3) is 6.37. The molecule has 1 saturated carbocycles. The van der Waals surface area contributed by atoms with E-state index >= 15 is 0 Å². The zero-order valence-corrected chi connectivity index (χ0v) is 14.7. The number of rotatable bonds is 6. The molecule has 1 aliphatic rings. The zero-order valence-electron chi connectivity index (χ0n) is 14.7. The molecule has 0 aliphatic heterocycles. The minimum Gasteiger partial charge on any atom is -0.340 e. The second-order valence-electron chi connectivity index (χ2n) is 7.85. The molecule has 1 unspecified atom stereocenters. The third-order valence-corrected chi connectivity index (χ3v) is 5.15. The third-order valence-electron chi connectivity index (χ3n) is 5.15. The van der Waals surface area contributed by atoms with Gasteiger partial charge in [0.05, 0.1) is 0 Å². The Kier molecular flexibility index (Phi) is 7.72. The molecule has 0 radical (unpaired) electrons. The summed E-state index contributed by atoms with van der Waals surface area (Å²) >= 11 is 0. The van der Waals surface area contributed by atoms with Crippen molar-refractivity contribution in [3.8, 4) is 0 Å². The second-order valence-corrected chi connectivity index (χ2v) is 7.85. The Balaban J connectivity index is 2.68. The first-order valence-corrected chi connectivity index (χ1v) is 8.85. The Bertz CT molecular complexity index is 301. The highest BCUT2D eigenvalue weighted by Crippen LogP contribution is 2.30. The van der Waals surface area contributed by atoms with Crippen molar-refractivity contribution < 1.29 is 4.79 Å². The summed E-state index contributed by atoms with van der Waals surface area (Å²) in [6, 6.07) is 0.457. The van der Waals surface area contributed by atoms with E-state index in [4.69, 9.17) is 5.73 Å². The fraction of sp³-hybridized carbons (Fsp3) is 0.944. The first kappa shape index (κ1) is 18.5. The summed E-state index contributed by atoms with van der Waals surface area (Å²) in [6.07, 6.45) is 9.15. The highest BCUT2D eigenvalue weighted by Gasteiger charge is 2.28. The van der Waals surface area contributed by atoms with Crippen LogP contribution < -0.4 is 5.73 Å². The van der Waals surface area contributed by atoms with Crippen molar-refractivity contribution in [2.24, 2.45) is 17.1 Å². The molecule has 1 aliphatic carbocycles. The van der Waals surface area contributed by atoms with E-state index in [9.17, 15) is 4.79 Å². The first-order chi connectivity index (χ1) is 9.86. The topological polar surface area (TPSA) is 46.3 Å². The minimum atomic E-state index is 0.193. The summed E-state index contributed by atoms with van der Waals surface area (Å²) in [4.78, 5) is 15.0. The molecule has 0 aromatic carbocycles. The molecule has 1 rings (SSSR count). The lowest BCUT2D eigenvalue weighted by molar-refractivity contribution is -0.135. The van der Waals surface area contributed by atoms with E-state index in [2.05, 4.69) is 32.6 Å².